The number of aromatic nitrogens is 4. The minimum atomic E-state index is -0.192. The molecule has 140 valence electrons. The SMILES string of the molecule is C=C(C)c1ccccc1NCc1cc(=O)n2[nH]c(-c3ccccc3C)nc2n1. The molecule has 0 aliphatic heterocycles. The van der Waals surface area contributed by atoms with Crippen LogP contribution in [-0.4, -0.2) is 19.6 Å². The van der Waals surface area contributed by atoms with Gasteiger partial charge in [0, 0.05) is 17.3 Å². The Morgan fingerprint density at radius 2 is 1.89 bits per heavy atom. The summed E-state index contributed by atoms with van der Waals surface area (Å²) >= 11 is 0. The minimum absolute atomic E-state index is 0.192. The van der Waals surface area contributed by atoms with E-state index in [1.807, 2.05) is 62.4 Å². The van der Waals surface area contributed by atoms with Gasteiger partial charge in [0.25, 0.3) is 11.3 Å². The summed E-state index contributed by atoms with van der Waals surface area (Å²) in [6.45, 7) is 8.40. The molecule has 0 aliphatic carbocycles. The smallest absolute Gasteiger partial charge is 0.274 e. The maximum Gasteiger partial charge on any atom is 0.274 e. The summed E-state index contributed by atoms with van der Waals surface area (Å²) in [5.41, 5.74) is 5.44. The van der Waals surface area contributed by atoms with E-state index in [0.29, 0.717) is 23.8 Å². The quantitative estimate of drug-likeness (QED) is 0.555. The number of benzene rings is 2. The Labute approximate surface area is 162 Å². The number of H-pyrrole nitrogens is 1. The molecule has 2 heterocycles. The highest BCUT2D eigenvalue weighted by Gasteiger charge is 2.11. The third kappa shape index (κ3) is 3.32. The number of fused-ring (bicyclic) bond motifs is 1. The largest absolute Gasteiger partial charge is 0.379 e. The highest BCUT2D eigenvalue weighted by atomic mass is 16.1. The van der Waals surface area contributed by atoms with Crippen LogP contribution in [0.3, 0.4) is 0 Å². The molecule has 2 aromatic carbocycles. The maximum atomic E-state index is 12.5. The van der Waals surface area contributed by atoms with E-state index in [-0.39, 0.29) is 5.56 Å². The van der Waals surface area contributed by atoms with Crippen molar-refractivity contribution in [1.29, 1.82) is 0 Å². The van der Waals surface area contributed by atoms with Gasteiger partial charge in [-0.3, -0.25) is 9.89 Å². The number of allylic oxidation sites excluding steroid dienone is 1. The van der Waals surface area contributed by atoms with E-state index in [1.165, 1.54) is 10.6 Å². The molecule has 4 rings (SSSR count). The van der Waals surface area contributed by atoms with E-state index in [2.05, 4.69) is 27.0 Å². The molecule has 0 aliphatic rings. The lowest BCUT2D eigenvalue weighted by Crippen LogP contribution is -2.17. The van der Waals surface area contributed by atoms with Crippen LogP contribution in [0.15, 0.2) is 66.0 Å². The summed E-state index contributed by atoms with van der Waals surface area (Å²) in [4.78, 5) is 21.6. The molecule has 2 aromatic heterocycles. The van der Waals surface area contributed by atoms with Crippen molar-refractivity contribution in [1.82, 2.24) is 19.6 Å². The fourth-order valence-electron chi connectivity index (χ4n) is 3.17. The monoisotopic (exact) mass is 371 g/mol. The number of hydrogen-bond donors (Lipinski definition) is 2. The van der Waals surface area contributed by atoms with Gasteiger partial charge in [-0.25, -0.2) is 4.98 Å². The Morgan fingerprint density at radius 1 is 1.14 bits per heavy atom. The lowest BCUT2D eigenvalue weighted by molar-refractivity contribution is 0.878. The van der Waals surface area contributed by atoms with Crippen molar-refractivity contribution in [2.45, 2.75) is 20.4 Å². The molecular formula is C22H21N5O. The van der Waals surface area contributed by atoms with Gasteiger partial charge in [0.1, 0.15) is 0 Å². The molecule has 0 spiro atoms. The molecule has 0 amide bonds. The van der Waals surface area contributed by atoms with E-state index in [4.69, 9.17) is 0 Å². The normalized spacial score (nSPS) is 10.9. The Morgan fingerprint density at radius 3 is 2.68 bits per heavy atom. The summed E-state index contributed by atoms with van der Waals surface area (Å²) in [5, 5.41) is 6.39. The zero-order valence-corrected chi connectivity index (χ0v) is 15.9. The molecule has 6 nitrogen and oxygen atoms in total. The van der Waals surface area contributed by atoms with Crippen LogP contribution in [0, 0.1) is 6.92 Å². The second kappa shape index (κ2) is 7.15. The molecule has 0 saturated heterocycles. The molecule has 2 N–H and O–H groups in total. The zero-order valence-electron chi connectivity index (χ0n) is 15.9. The topological polar surface area (TPSA) is 75.1 Å². The first-order valence-electron chi connectivity index (χ1n) is 9.06. The van der Waals surface area contributed by atoms with Crippen LogP contribution >= 0.6 is 0 Å². The molecule has 6 heteroatoms. The molecule has 0 saturated carbocycles. The highest BCUT2D eigenvalue weighted by Crippen LogP contribution is 2.22. The fourth-order valence-corrected chi connectivity index (χ4v) is 3.17. The predicted octanol–water partition coefficient (Wildman–Crippen LogP) is 4.04. The highest BCUT2D eigenvalue weighted by molar-refractivity contribution is 5.73. The zero-order chi connectivity index (χ0) is 19.7. The Balaban J connectivity index is 1.66. The van der Waals surface area contributed by atoms with Crippen LogP contribution in [0.25, 0.3) is 22.7 Å². The van der Waals surface area contributed by atoms with Gasteiger partial charge in [-0.1, -0.05) is 49.0 Å². The molecular weight excluding hydrogens is 350 g/mol. The van der Waals surface area contributed by atoms with E-state index in [0.717, 1.165) is 28.0 Å². The van der Waals surface area contributed by atoms with Crippen molar-refractivity contribution in [3.05, 3.63) is 88.4 Å². The number of nitrogens with zero attached hydrogens (tertiary/aromatic N) is 3. The molecule has 0 bridgehead atoms. The number of rotatable bonds is 5. The summed E-state index contributed by atoms with van der Waals surface area (Å²) in [6.07, 6.45) is 0. The summed E-state index contributed by atoms with van der Waals surface area (Å²) in [6, 6.07) is 17.3. The predicted molar refractivity (Wildman–Crippen MR) is 112 cm³/mol. The molecule has 0 fully saturated rings. The number of hydrogen-bond acceptors (Lipinski definition) is 4. The lowest BCUT2D eigenvalue weighted by Gasteiger charge is -2.11. The number of para-hydroxylation sites is 1. The van der Waals surface area contributed by atoms with E-state index < -0.39 is 0 Å². The van der Waals surface area contributed by atoms with Gasteiger partial charge in [0.15, 0.2) is 5.82 Å². The fraction of sp³-hybridized carbons (Fsp3) is 0.136. The first-order valence-corrected chi connectivity index (χ1v) is 9.06. The van der Waals surface area contributed by atoms with Gasteiger partial charge < -0.3 is 5.32 Å². The average Bonchev–Trinajstić information content (AvgIpc) is 3.11. The summed E-state index contributed by atoms with van der Waals surface area (Å²) < 4.78 is 1.37. The summed E-state index contributed by atoms with van der Waals surface area (Å²) in [7, 11) is 0. The van der Waals surface area contributed by atoms with Crippen LogP contribution in [0.2, 0.25) is 0 Å². The third-order valence-corrected chi connectivity index (χ3v) is 4.63. The number of anilines is 1. The van der Waals surface area contributed by atoms with Gasteiger partial charge in [-0.05, 0) is 36.6 Å². The van der Waals surface area contributed by atoms with E-state index in [9.17, 15) is 4.79 Å². The van der Waals surface area contributed by atoms with Crippen molar-refractivity contribution in [2.75, 3.05) is 5.32 Å². The second-order valence-corrected chi connectivity index (χ2v) is 6.79. The number of nitrogens with one attached hydrogen (secondary N) is 2. The lowest BCUT2D eigenvalue weighted by atomic mass is 10.1. The van der Waals surface area contributed by atoms with Crippen molar-refractivity contribution >= 4 is 17.0 Å². The Bertz CT molecular complexity index is 1240. The first kappa shape index (κ1) is 17.7. The Hall–Kier alpha value is -3.67. The molecule has 28 heavy (non-hydrogen) atoms. The molecule has 4 aromatic rings. The average molecular weight is 371 g/mol. The van der Waals surface area contributed by atoms with Crippen LogP contribution in [0.1, 0.15) is 23.7 Å². The van der Waals surface area contributed by atoms with E-state index in [1.54, 1.807) is 0 Å². The summed E-state index contributed by atoms with van der Waals surface area (Å²) in [5.74, 6) is 0.983. The van der Waals surface area contributed by atoms with Crippen LogP contribution in [0.5, 0.6) is 0 Å². The third-order valence-electron chi connectivity index (χ3n) is 4.63. The van der Waals surface area contributed by atoms with Gasteiger partial charge in [-0.2, -0.15) is 9.50 Å². The standard InChI is InChI=1S/C22H21N5O/c1-14(2)17-9-6-7-11-19(17)23-13-16-12-20(28)27-22(24-16)25-21(26-27)18-10-5-4-8-15(18)3/h4-12,23H,1,13H2,2-3H3,(H,24,25,26). The van der Waals surface area contributed by atoms with Gasteiger partial charge in [0.05, 0.1) is 12.2 Å². The minimum Gasteiger partial charge on any atom is -0.379 e. The number of aryl methyl sites for hydroxylation is 1. The Kier molecular flexibility index (Phi) is 4.53. The van der Waals surface area contributed by atoms with Gasteiger partial charge >= 0.3 is 0 Å². The van der Waals surface area contributed by atoms with Crippen molar-refractivity contribution in [3.63, 3.8) is 0 Å². The van der Waals surface area contributed by atoms with Crippen molar-refractivity contribution in [3.8, 4) is 11.4 Å². The number of aromatic amines is 1. The van der Waals surface area contributed by atoms with Crippen LogP contribution in [-0.2, 0) is 6.54 Å². The van der Waals surface area contributed by atoms with Crippen LogP contribution in [0.4, 0.5) is 5.69 Å². The van der Waals surface area contributed by atoms with Crippen molar-refractivity contribution < 1.29 is 0 Å². The van der Waals surface area contributed by atoms with Crippen molar-refractivity contribution in [2.24, 2.45) is 0 Å². The molecule has 0 unspecified atom stereocenters. The van der Waals surface area contributed by atoms with Crippen LogP contribution < -0.4 is 10.9 Å². The second-order valence-electron chi connectivity index (χ2n) is 6.79. The van der Waals surface area contributed by atoms with Gasteiger partial charge in [-0.15, -0.1) is 0 Å². The molecule has 0 atom stereocenters. The van der Waals surface area contributed by atoms with E-state index >= 15 is 0 Å². The van der Waals surface area contributed by atoms with Gasteiger partial charge in [0.2, 0.25) is 0 Å². The maximum absolute atomic E-state index is 12.5. The molecule has 0 radical (unpaired) electrons. The first-order chi connectivity index (χ1) is 13.5.